The van der Waals surface area contributed by atoms with Gasteiger partial charge in [-0.2, -0.15) is 0 Å². The number of aromatic nitrogens is 3. The van der Waals surface area contributed by atoms with Gasteiger partial charge in [0.05, 0.1) is 18.3 Å². The van der Waals surface area contributed by atoms with E-state index in [1.807, 2.05) is 18.2 Å². The molecule has 1 atom stereocenters. The molecule has 1 heterocycles. The van der Waals surface area contributed by atoms with Crippen molar-refractivity contribution in [2.75, 3.05) is 26.4 Å². The van der Waals surface area contributed by atoms with Crippen LogP contribution in [0.3, 0.4) is 0 Å². The number of thioether (sulfide) groups is 1. The molecule has 2 aromatic rings. The molecule has 1 aromatic heterocycles. The van der Waals surface area contributed by atoms with Crippen molar-refractivity contribution in [2.24, 2.45) is 5.92 Å². The smallest absolute Gasteiger partial charge is 0.230 e. The summed E-state index contributed by atoms with van der Waals surface area (Å²) in [7, 11) is 4.12. The van der Waals surface area contributed by atoms with Crippen molar-refractivity contribution >= 4 is 17.7 Å². The first kappa shape index (κ1) is 22.4. The Kier molecular flexibility index (Phi) is 8.99. The summed E-state index contributed by atoms with van der Waals surface area (Å²) < 4.78 is 2.15. The minimum Gasteiger partial charge on any atom is -0.355 e. The maximum Gasteiger partial charge on any atom is 0.230 e. The maximum atomic E-state index is 12.2. The molecule has 0 aliphatic carbocycles. The molecule has 154 valence electrons. The van der Waals surface area contributed by atoms with Crippen LogP contribution in [-0.4, -0.2) is 52.0 Å². The molecule has 0 fully saturated rings. The van der Waals surface area contributed by atoms with Gasteiger partial charge in [-0.25, -0.2) is 0 Å². The summed E-state index contributed by atoms with van der Waals surface area (Å²) in [6.07, 6.45) is 1.94. The summed E-state index contributed by atoms with van der Waals surface area (Å²) in [6, 6.07) is 10.5. The van der Waals surface area contributed by atoms with Gasteiger partial charge in [-0.05, 0) is 38.4 Å². The highest BCUT2D eigenvalue weighted by Crippen LogP contribution is 2.26. The summed E-state index contributed by atoms with van der Waals surface area (Å²) in [5.74, 6) is 1.92. The zero-order chi connectivity index (χ0) is 20.5. The third kappa shape index (κ3) is 6.63. The van der Waals surface area contributed by atoms with Gasteiger partial charge in [0, 0.05) is 6.54 Å². The molecule has 0 radical (unpaired) electrons. The molecule has 0 bridgehead atoms. The van der Waals surface area contributed by atoms with Crippen molar-refractivity contribution in [3.8, 4) is 0 Å². The van der Waals surface area contributed by atoms with Crippen LogP contribution in [0.15, 0.2) is 35.5 Å². The van der Waals surface area contributed by atoms with Crippen LogP contribution in [0.5, 0.6) is 0 Å². The second-order valence-electron chi connectivity index (χ2n) is 7.62. The number of nitrogens with one attached hydrogen (secondary N) is 1. The highest BCUT2D eigenvalue weighted by Gasteiger charge is 2.22. The van der Waals surface area contributed by atoms with Crippen molar-refractivity contribution < 1.29 is 4.79 Å². The van der Waals surface area contributed by atoms with Crippen molar-refractivity contribution in [3.63, 3.8) is 0 Å². The molecule has 0 aliphatic rings. The van der Waals surface area contributed by atoms with Gasteiger partial charge >= 0.3 is 0 Å². The van der Waals surface area contributed by atoms with Gasteiger partial charge in [0.15, 0.2) is 11.0 Å². The predicted octanol–water partition coefficient (Wildman–Crippen LogP) is 3.59. The first-order valence-electron chi connectivity index (χ1n) is 9.95. The zero-order valence-corrected chi connectivity index (χ0v) is 18.5. The van der Waals surface area contributed by atoms with Crippen molar-refractivity contribution in [3.05, 3.63) is 41.7 Å². The zero-order valence-electron chi connectivity index (χ0n) is 17.7. The lowest BCUT2D eigenvalue weighted by molar-refractivity contribution is -0.118. The maximum absolute atomic E-state index is 12.2. The van der Waals surface area contributed by atoms with Crippen molar-refractivity contribution in [2.45, 2.75) is 51.4 Å². The fraction of sp³-hybridized carbons (Fsp3) is 0.571. The van der Waals surface area contributed by atoms with E-state index in [0.717, 1.165) is 30.4 Å². The second-order valence-corrected chi connectivity index (χ2v) is 8.56. The number of hydrogen-bond acceptors (Lipinski definition) is 5. The largest absolute Gasteiger partial charge is 0.355 e. The van der Waals surface area contributed by atoms with E-state index >= 15 is 0 Å². The minimum absolute atomic E-state index is 0.0427. The third-order valence-corrected chi connectivity index (χ3v) is 5.58. The fourth-order valence-corrected chi connectivity index (χ4v) is 3.80. The molecule has 7 heteroatoms. The fourth-order valence-electron chi connectivity index (χ4n) is 3.03. The Morgan fingerprint density at radius 2 is 1.93 bits per heavy atom. The van der Waals surface area contributed by atoms with E-state index in [1.54, 1.807) is 0 Å². The van der Waals surface area contributed by atoms with E-state index in [4.69, 9.17) is 0 Å². The molecule has 0 unspecified atom stereocenters. The Bertz CT molecular complexity index is 730. The van der Waals surface area contributed by atoms with Crippen molar-refractivity contribution in [1.29, 1.82) is 0 Å². The Labute approximate surface area is 173 Å². The van der Waals surface area contributed by atoms with Crippen molar-refractivity contribution in [1.82, 2.24) is 25.0 Å². The molecule has 1 aromatic carbocycles. The van der Waals surface area contributed by atoms with Crippen LogP contribution in [0, 0.1) is 5.92 Å². The lowest BCUT2D eigenvalue weighted by Gasteiger charge is -2.23. The lowest BCUT2D eigenvalue weighted by Crippen LogP contribution is -2.27. The molecule has 6 nitrogen and oxygen atoms in total. The summed E-state index contributed by atoms with van der Waals surface area (Å²) >= 11 is 1.45. The first-order chi connectivity index (χ1) is 13.4. The molecule has 28 heavy (non-hydrogen) atoms. The normalized spacial score (nSPS) is 12.5. The predicted molar refractivity (Wildman–Crippen MR) is 115 cm³/mol. The summed E-state index contributed by atoms with van der Waals surface area (Å²) in [5, 5.41) is 12.7. The summed E-state index contributed by atoms with van der Waals surface area (Å²) in [5.41, 5.74) is 1.19. The monoisotopic (exact) mass is 403 g/mol. The Morgan fingerprint density at radius 3 is 2.54 bits per heavy atom. The molecule has 0 saturated heterocycles. The van der Waals surface area contributed by atoms with Crippen LogP contribution in [0.25, 0.3) is 0 Å². The second kappa shape index (κ2) is 11.2. The molecular formula is C21H33N5OS. The van der Waals surface area contributed by atoms with E-state index in [-0.39, 0.29) is 11.9 Å². The van der Waals surface area contributed by atoms with E-state index in [1.165, 1.54) is 17.3 Å². The van der Waals surface area contributed by atoms with E-state index in [9.17, 15) is 4.79 Å². The number of carbonyl (C=O) groups excluding carboxylic acids is 1. The van der Waals surface area contributed by atoms with Crippen LogP contribution in [-0.2, 0) is 11.3 Å². The number of carbonyl (C=O) groups is 1. The molecule has 1 amide bonds. The Balaban J connectivity index is 2.14. The number of hydrogen-bond donors (Lipinski definition) is 1. The van der Waals surface area contributed by atoms with Crippen LogP contribution in [0.4, 0.5) is 0 Å². The highest BCUT2D eigenvalue weighted by molar-refractivity contribution is 7.99. The lowest BCUT2D eigenvalue weighted by atomic mass is 10.1. The van der Waals surface area contributed by atoms with Gasteiger partial charge in [0.1, 0.15) is 0 Å². The van der Waals surface area contributed by atoms with Gasteiger partial charge in [0.2, 0.25) is 5.91 Å². The van der Waals surface area contributed by atoms with E-state index in [2.05, 4.69) is 72.0 Å². The molecule has 0 spiro atoms. The van der Waals surface area contributed by atoms with Crippen LogP contribution < -0.4 is 5.32 Å². The Hall–Kier alpha value is -1.86. The van der Waals surface area contributed by atoms with Crippen LogP contribution in [0.2, 0.25) is 0 Å². The van der Waals surface area contributed by atoms with Gasteiger partial charge in [-0.3, -0.25) is 9.69 Å². The highest BCUT2D eigenvalue weighted by atomic mass is 32.2. The number of benzene rings is 1. The molecule has 0 aliphatic heterocycles. The molecule has 1 N–H and O–H groups in total. The topological polar surface area (TPSA) is 63.1 Å². The average Bonchev–Trinajstić information content (AvgIpc) is 3.03. The summed E-state index contributed by atoms with van der Waals surface area (Å²) in [4.78, 5) is 14.3. The van der Waals surface area contributed by atoms with E-state index < -0.39 is 0 Å². The first-order valence-corrected chi connectivity index (χ1v) is 10.9. The number of amides is 1. The number of nitrogens with zero attached hydrogens (tertiary/aromatic N) is 4. The van der Waals surface area contributed by atoms with Crippen LogP contribution >= 0.6 is 11.8 Å². The molecular weight excluding hydrogens is 370 g/mol. The van der Waals surface area contributed by atoms with Gasteiger partial charge in [-0.1, -0.05) is 62.9 Å². The van der Waals surface area contributed by atoms with Gasteiger partial charge < -0.3 is 9.88 Å². The Morgan fingerprint density at radius 1 is 1.21 bits per heavy atom. The molecule has 2 rings (SSSR count). The van der Waals surface area contributed by atoms with Gasteiger partial charge in [0.25, 0.3) is 0 Å². The average molecular weight is 404 g/mol. The SMILES string of the molecule is CC[C@H](c1nnc(SCC(=O)NCCC(C)C)n1Cc1ccccc1)N(C)C. The number of rotatable bonds is 11. The third-order valence-electron chi connectivity index (χ3n) is 4.61. The molecule has 0 saturated carbocycles. The van der Waals surface area contributed by atoms with E-state index in [0.29, 0.717) is 18.2 Å². The minimum atomic E-state index is 0.0427. The van der Waals surface area contributed by atoms with Gasteiger partial charge in [-0.15, -0.1) is 10.2 Å². The standard InChI is InChI=1S/C21H33N5OS/c1-6-18(25(4)5)20-23-24-21(26(20)14-17-10-8-7-9-11-17)28-15-19(27)22-13-12-16(2)3/h7-11,16,18H,6,12-15H2,1-5H3,(H,22,27)/t18-/m1/s1. The van der Waals surface area contributed by atoms with Crippen LogP contribution in [0.1, 0.15) is 51.0 Å². The quantitative estimate of drug-likeness (QED) is 0.581. The summed E-state index contributed by atoms with van der Waals surface area (Å²) in [6.45, 7) is 7.89.